The maximum absolute atomic E-state index is 12.9. The number of hydrogen-bond donors (Lipinski definition) is 1. The summed E-state index contributed by atoms with van der Waals surface area (Å²) in [4.78, 5) is 24.9. The molecule has 2 atom stereocenters. The van der Waals surface area contributed by atoms with E-state index in [4.69, 9.17) is 0 Å². The van der Waals surface area contributed by atoms with Crippen molar-refractivity contribution < 1.29 is 14.7 Å². The third-order valence-corrected chi connectivity index (χ3v) is 8.98. The molecule has 0 aromatic rings. The van der Waals surface area contributed by atoms with Crippen molar-refractivity contribution in [3.63, 3.8) is 0 Å². The molecule has 0 aromatic heterocycles. The number of carbonyl (C=O) groups excluding carboxylic acids is 2. The number of rotatable bonds is 11. The number of aliphatic hydroxyl groups is 1. The fourth-order valence-electron chi connectivity index (χ4n) is 5.93. The largest absolute Gasteiger partial charge is 0.393 e. The molecule has 1 fully saturated rings. The van der Waals surface area contributed by atoms with E-state index in [-0.39, 0.29) is 28.5 Å². The Morgan fingerprint density at radius 2 is 1.21 bits per heavy atom. The molecule has 43 heavy (non-hydrogen) atoms. The van der Waals surface area contributed by atoms with Crippen LogP contribution in [-0.4, -0.2) is 22.8 Å². The SMILES string of the molecule is CC(C=CC=C(C)C=CC(=O)C1(C)CC(=O)CC1(C)C)=CC=CC=C(C)C=CC=C(C)C=CC1=C(C)CC(O)CC1(C)C. The van der Waals surface area contributed by atoms with Crippen LogP contribution in [0.1, 0.15) is 94.9 Å². The molecule has 0 aromatic carbocycles. The van der Waals surface area contributed by atoms with E-state index in [1.807, 2.05) is 64.2 Å². The number of carbonyl (C=O) groups is 2. The van der Waals surface area contributed by atoms with Gasteiger partial charge >= 0.3 is 0 Å². The average molecular weight is 583 g/mol. The summed E-state index contributed by atoms with van der Waals surface area (Å²) in [6.45, 7) is 20.7. The molecule has 232 valence electrons. The Morgan fingerprint density at radius 3 is 1.70 bits per heavy atom. The van der Waals surface area contributed by atoms with Gasteiger partial charge in [-0.1, -0.05) is 141 Å². The van der Waals surface area contributed by atoms with Crippen LogP contribution in [0.4, 0.5) is 0 Å². The van der Waals surface area contributed by atoms with Gasteiger partial charge in [0.2, 0.25) is 0 Å². The molecular formula is C40H54O3. The summed E-state index contributed by atoms with van der Waals surface area (Å²) >= 11 is 0. The zero-order valence-electron chi connectivity index (χ0n) is 28.3. The molecule has 0 bridgehead atoms. The molecule has 0 heterocycles. The first kappa shape index (κ1) is 35.9. The maximum Gasteiger partial charge on any atom is 0.162 e. The molecule has 0 radical (unpaired) electrons. The Labute approximate surface area is 261 Å². The van der Waals surface area contributed by atoms with Gasteiger partial charge in [-0.2, -0.15) is 0 Å². The van der Waals surface area contributed by atoms with Crippen LogP contribution in [0.15, 0.2) is 119 Å². The minimum Gasteiger partial charge on any atom is -0.393 e. The second-order valence-corrected chi connectivity index (χ2v) is 14.0. The van der Waals surface area contributed by atoms with Crippen molar-refractivity contribution in [2.75, 3.05) is 0 Å². The summed E-state index contributed by atoms with van der Waals surface area (Å²) in [6, 6.07) is 0. The first-order valence-electron chi connectivity index (χ1n) is 15.5. The van der Waals surface area contributed by atoms with Crippen LogP contribution in [0.3, 0.4) is 0 Å². The Morgan fingerprint density at radius 1 is 0.721 bits per heavy atom. The Balaban J connectivity index is 1.89. The number of aliphatic hydroxyl groups excluding tert-OH is 1. The van der Waals surface area contributed by atoms with Crippen LogP contribution >= 0.6 is 0 Å². The first-order chi connectivity index (χ1) is 20.0. The van der Waals surface area contributed by atoms with Crippen LogP contribution in [0, 0.1) is 16.2 Å². The van der Waals surface area contributed by atoms with E-state index in [1.54, 1.807) is 6.08 Å². The summed E-state index contributed by atoms with van der Waals surface area (Å²) in [5, 5.41) is 10.1. The second kappa shape index (κ2) is 15.4. The predicted octanol–water partition coefficient (Wildman–Crippen LogP) is 10.0. The lowest BCUT2D eigenvalue weighted by Gasteiger charge is -2.35. The van der Waals surface area contributed by atoms with Crippen molar-refractivity contribution in [1.29, 1.82) is 0 Å². The van der Waals surface area contributed by atoms with E-state index < -0.39 is 5.41 Å². The minimum absolute atomic E-state index is 0.00746. The van der Waals surface area contributed by atoms with Crippen molar-refractivity contribution >= 4 is 11.6 Å². The van der Waals surface area contributed by atoms with E-state index in [9.17, 15) is 14.7 Å². The normalized spacial score (nSPS) is 26.0. The highest BCUT2D eigenvalue weighted by atomic mass is 16.3. The van der Waals surface area contributed by atoms with Gasteiger partial charge in [0.25, 0.3) is 0 Å². The van der Waals surface area contributed by atoms with Crippen LogP contribution in [0.5, 0.6) is 0 Å². The Hall–Kier alpha value is -3.30. The molecule has 1 N–H and O–H groups in total. The minimum atomic E-state index is -0.631. The topological polar surface area (TPSA) is 54.4 Å². The third-order valence-electron chi connectivity index (χ3n) is 8.98. The summed E-state index contributed by atoms with van der Waals surface area (Å²) in [6.07, 6.45) is 30.5. The molecule has 2 unspecified atom stereocenters. The summed E-state index contributed by atoms with van der Waals surface area (Å²) < 4.78 is 0. The van der Waals surface area contributed by atoms with Crippen LogP contribution < -0.4 is 0 Å². The van der Waals surface area contributed by atoms with Gasteiger partial charge in [-0.3, -0.25) is 9.59 Å². The lowest BCUT2D eigenvalue weighted by atomic mass is 9.66. The fourth-order valence-corrected chi connectivity index (χ4v) is 5.93. The van der Waals surface area contributed by atoms with Gasteiger partial charge < -0.3 is 5.11 Å². The molecule has 3 nitrogen and oxygen atoms in total. The quantitative estimate of drug-likeness (QED) is 0.195. The van der Waals surface area contributed by atoms with Gasteiger partial charge in [-0.25, -0.2) is 0 Å². The zero-order valence-corrected chi connectivity index (χ0v) is 28.3. The van der Waals surface area contributed by atoms with Gasteiger partial charge in [-0.05, 0) is 69.9 Å². The average Bonchev–Trinajstić information content (AvgIpc) is 3.10. The van der Waals surface area contributed by atoms with E-state index in [2.05, 4.69) is 84.1 Å². The highest BCUT2D eigenvalue weighted by molar-refractivity contribution is 6.01. The number of ketones is 2. The molecule has 0 aliphatic heterocycles. The smallest absolute Gasteiger partial charge is 0.162 e. The van der Waals surface area contributed by atoms with E-state index >= 15 is 0 Å². The highest BCUT2D eigenvalue weighted by Gasteiger charge is 2.52. The summed E-state index contributed by atoms with van der Waals surface area (Å²) in [5.41, 5.74) is 6.10. The van der Waals surface area contributed by atoms with Crippen molar-refractivity contribution in [1.82, 2.24) is 0 Å². The molecule has 0 saturated heterocycles. The third kappa shape index (κ3) is 10.7. The van der Waals surface area contributed by atoms with Crippen molar-refractivity contribution in [3.8, 4) is 0 Å². The number of allylic oxidation sites excluding steroid dienone is 19. The highest BCUT2D eigenvalue weighted by Crippen LogP contribution is 2.51. The van der Waals surface area contributed by atoms with E-state index in [1.165, 1.54) is 16.7 Å². The van der Waals surface area contributed by atoms with E-state index in [0.29, 0.717) is 12.8 Å². The molecule has 2 aliphatic carbocycles. The molecule has 1 saturated carbocycles. The maximum atomic E-state index is 12.9. The zero-order chi connectivity index (χ0) is 32.4. The van der Waals surface area contributed by atoms with Crippen molar-refractivity contribution in [2.24, 2.45) is 16.2 Å². The molecule has 0 spiro atoms. The Bertz CT molecular complexity index is 1360. The molecular weight excluding hydrogens is 528 g/mol. The fraction of sp³-hybridized carbons (Fsp3) is 0.450. The van der Waals surface area contributed by atoms with Gasteiger partial charge in [-0.15, -0.1) is 0 Å². The van der Waals surface area contributed by atoms with Crippen LogP contribution in [-0.2, 0) is 9.59 Å². The van der Waals surface area contributed by atoms with E-state index in [0.717, 1.165) is 29.6 Å². The lowest BCUT2D eigenvalue weighted by molar-refractivity contribution is -0.128. The van der Waals surface area contributed by atoms with Gasteiger partial charge in [0.15, 0.2) is 5.78 Å². The van der Waals surface area contributed by atoms with Crippen LogP contribution in [0.25, 0.3) is 0 Å². The van der Waals surface area contributed by atoms with Crippen LogP contribution in [0.2, 0.25) is 0 Å². The van der Waals surface area contributed by atoms with Crippen molar-refractivity contribution in [3.05, 3.63) is 119 Å². The van der Waals surface area contributed by atoms with Crippen molar-refractivity contribution in [2.45, 2.75) is 101 Å². The second-order valence-electron chi connectivity index (χ2n) is 14.0. The standard InChI is InChI=1S/C40H54O3/c1-29(17-13-19-31(3)21-23-36-33(5)25-34(41)26-38(36,6)7)15-11-12-16-30(2)18-14-20-32(4)22-24-37(43)40(10)28-35(42)27-39(40,8)9/h11-24,34,41H,25-28H2,1-10H3. The molecule has 3 heteroatoms. The van der Waals surface area contributed by atoms with Gasteiger partial charge in [0.1, 0.15) is 5.78 Å². The predicted molar refractivity (Wildman–Crippen MR) is 184 cm³/mol. The molecule has 0 amide bonds. The molecule has 2 aliphatic rings. The summed E-state index contributed by atoms with van der Waals surface area (Å²) in [7, 11) is 0. The first-order valence-corrected chi connectivity index (χ1v) is 15.5. The van der Waals surface area contributed by atoms with Gasteiger partial charge in [0.05, 0.1) is 6.10 Å². The number of Topliss-reactive ketones (excluding diaryl/α,β-unsaturated/α-hetero) is 1. The Kier molecular flexibility index (Phi) is 12.9. The van der Waals surface area contributed by atoms with Gasteiger partial charge in [0, 0.05) is 18.3 Å². The number of hydrogen-bond acceptors (Lipinski definition) is 3. The monoisotopic (exact) mass is 582 g/mol. The lowest BCUT2D eigenvalue weighted by Crippen LogP contribution is -2.36. The molecule has 2 rings (SSSR count). The summed E-state index contributed by atoms with van der Waals surface area (Å²) in [5.74, 6) is 0.195.